The molecular formula is C9H16O4. The first kappa shape index (κ1) is 11.9. The fourth-order valence-corrected chi connectivity index (χ4v) is 1.03. The number of unbranched alkanes of at least 4 members (excludes halogenated alkanes) is 1. The molecule has 0 heterocycles. The molecule has 1 N–H and O–H groups in total. The van der Waals surface area contributed by atoms with E-state index in [1.807, 2.05) is 6.92 Å². The third-order valence-corrected chi connectivity index (χ3v) is 1.83. The van der Waals surface area contributed by atoms with Crippen LogP contribution in [0.2, 0.25) is 0 Å². The average Bonchev–Trinajstić information content (AvgIpc) is 1.99. The van der Waals surface area contributed by atoms with Crippen LogP contribution in [-0.2, 0) is 14.3 Å². The van der Waals surface area contributed by atoms with Crippen LogP contribution in [0.4, 0.5) is 0 Å². The van der Waals surface area contributed by atoms with Gasteiger partial charge in [-0.1, -0.05) is 13.3 Å². The second-order valence-electron chi connectivity index (χ2n) is 3.23. The molecule has 0 saturated heterocycles. The van der Waals surface area contributed by atoms with Crippen LogP contribution in [0.5, 0.6) is 0 Å². The predicted octanol–water partition coefficient (Wildman–Crippen LogP) is 1.58. The molecule has 0 unspecified atom stereocenters. The van der Waals surface area contributed by atoms with Crippen molar-refractivity contribution in [3.63, 3.8) is 0 Å². The third-order valence-electron chi connectivity index (χ3n) is 1.83. The summed E-state index contributed by atoms with van der Waals surface area (Å²) in [6.07, 6.45) is 1.97. The molecule has 0 saturated carbocycles. The first-order valence-corrected chi connectivity index (χ1v) is 4.35. The standard InChI is InChI=1S/C9H16O4/c1-4-5-6-9(3,8(11)12)13-7(2)10/h4-6H2,1-3H3,(H,11,12)/t9-/m0/s1. The van der Waals surface area contributed by atoms with Gasteiger partial charge in [0.25, 0.3) is 0 Å². The molecule has 4 heteroatoms. The van der Waals surface area contributed by atoms with Crippen molar-refractivity contribution in [3.05, 3.63) is 0 Å². The number of ether oxygens (including phenoxy) is 1. The maximum atomic E-state index is 10.8. The summed E-state index contributed by atoms with van der Waals surface area (Å²) in [6, 6.07) is 0. The second kappa shape index (κ2) is 4.84. The van der Waals surface area contributed by atoms with Crippen molar-refractivity contribution >= 4 is 11.9 Å². The van der Waals surface area contributed by atoms with E-state index in [1.54, 1.807) is 0 Å². The third kappa shape index (κ3) is 3.92. The van der Waals surface area contributed by atoms with Crippen LogP contribution < -0.4 is 0 Å². The molecule has 0 spiro atoms. The monoisotopic (exact) mass is 188 g/mol. The van der Waals surface area contributed by atoms with Gasteiger partial charge >= 0.3 is 11.9 Å². The predicted molar refractivity (Wildman–Crippen MR) is 47.3 cm³/mol. The first-order chi connectivity index (χ1) is 5.92. The van der Waals surface area contributed by atoms with Gasteiger partial charge in [-0.2, -0.15) is 0 Å². The van der Waals surface area contributed by atoms with Gasteiger partial charge in [-0.3, -0.25) is 4.79 Å². The summed E-state index contributed by atoms with van der Waals surface area (Å²) in [5, 5.41) is 8.83. The van der Waals surface area contributed by atoms with Crippen LogP contribution in [0.25, 0.3) is 0 Å². The number of esters is 1. The van der Waals surface area contributed by atoms with Crippen molar-refractivity contribution in [2.24, 2.45) is 0 Å². The van der Waals surface area contributed by atoms with E-state index in [0.29, 0.717) is 6.42 Å². The Morgan fingerprint density at radius 2 is 2.00 bits per heavy atom. The Balaban J connectivity index is 4.34. The lowest BCUT2D eigenvalue weighted by atomic mass is 9.99. The van der Waals surface area contributed by atoms with Crippen LogP contribution in [0.3, 0.4) is 0 Å². The zero-order valence-corrected chi connectivity index (χ0v) is 8.29. The molecule has 0 aliphatic heterocycles. The van der Waals surface area contributed by atoms with Gasteiger partial charge in [0.05, 0.1) is 0 Å². The summed E-state index contributed by atoms with van der Waals surface area (Å²) >= 11 is 0. The molecule has 13 heavy (non-hydrogen) atoms. The van der Waals surface area contributed by atoms with Crippen molar-refractivity contribution in [2.45, 2.75) is 45.6 Å². The summed E-state index contributed by atoms with van der Waals surface area (Å²) in [5.74, 6) is -1.64. The minimum atomic E-state index is -1.36. The highest BCUT2D eigenvalue weighted by molar-refractivity contribution is 5.80. The van der Waals surface area contributed by atoms with Crippen LogP contribution in [0.1, 0.15) is 40.0 Å². The minimum Gasteiger partial charge on any atom is -0.478 e. The molecule has 0 aromatic heterocycles. The van der Waals surface area contributed by atoms with Crippen molar-refractivity contribution in [2.75, 3.05) is 0 Å². The summed E-state index contributed by atoms with van der Waals surface area (Å²) in [7, 11) is 0. The van der Waals surface area contributed by atoms with Crippen molar-refractivity contribution < 1.29 is 19.4 Å². The maximum Gasteiger partial charge on any atom is 0.347 e. The Labute approximate surface area is 77.9 Å². The van der Waals surface area contributed by atoms with Gasteiger partial charge in [0, 0.05) is 6.92 Å². The summed E-state index contributed by atoms with van der Waals surface area (Å²) in [6.45, 7) is 4.59. The molecule has 0 fully saturated rings. The fourth-order valence-electron chi connectivity index (χ4n) is 1.03. The Hall–Kier alpha value is -1.06. The normalized spacial score (nSPS) is 14.7. The maximum absolute atomic E-state index is 10.8. The molecule has 0 amide bonds. The lowest BCUT2D eigenvalue weighted by molar-refractivity contribution is -0.176. The highest BCUT2D eigenvalue weighted by Gasteiger charge is 2.35. The van der Waals surface area contributed by atoms with Gasteiger partial charge in [0.15, 0.2) is 0 Å². The summed E-state index contributed by atoms with van der Waals surface area (Å²) < 4.78 is 4.76. The van der Waals surface area contributed by atoms with Gasteiger partial charge in [0.2, 0.25) is 5.60 Å². The topological polar surface area (TPSA) is 63.6 Å². The summed E-state index contributed by atoms with van der Waals surface area (Å²) in [5.41, 5.74) is -1.36. The number of carbonyl (C=O) groups excluding carboxylic acids is 1. The molecule has 0 bridgehead atoms. The van der Waals surface area contributed by atoms with Gasteiger partial charge in [-0.05, 0) is 19.8 Å². The zero-order chi connectivity index (χ0) is 10.5. The molecule has 4 nitrogen and oxygen atoms in total. The largest absolute Gasteiger partial charge is 0.478 e. The highest BCUT2D eigenvalue weighted by Crippen LogP contribution is 2.19. The molecule has 0 aromatic rings. The minimum absolute atomic E-state index is 0.360. The van der Waals surface area contributed by atoms with Crippen LogP contribution >= 0.6 is 0 Å². The van der Waals surface area contributed by atoms with Crippen LogP contribution in [0.15, 0.2) is 0 Å². The number of hydrogen-bond acceptors (Lipinski definition) is 3. The number of aliphatic carboxylic acids is 1. The Morgan fingerprint density at radius 1 is 1.46 bits per heavy atom. The Kier molecular flexibility index (Phi) is 4.45. The van der Waals surface area contributed by atoms with Crippen molar-refractivity contribution in [1.82, 2.24) is 0 Å². The van der Waals surface area contributed by atoms with Crippen LogP contribution in [-0.4, -0.2) is 22.6 Å². The first-order valence-electron chi connectivity index (χ1n) is 4.35. The Bertz CT molecular complexity index is 200. The Morgan fingerprint density at radius 3 is 2.31 bits per heavy atom. The molecule has 0 aromatic carbocycles. The van der Waals surface area contributed by atoms with E-state index < -0.39 is 17.5 Å². The number of hydrogen-bond donors (Lipinski definition) is 1. The lowest BCUT2D eigenvalue weighted by Gasteiger charge is -2.23. The number of carboxylic acids is 1. The molecule has 1 atom stereocenters. The molecule has 0 radical (unpaired) electrons. The van der Waals surface area contributed by atoms with Crippen LogP contribution in [0, 0.1) is 0 Å². The van der Waals surface area contributed by atoms with E-state index in [2.05, 4.69) is 0 Å². The van der Waals surface area contributed by atoms with Gasteiger partial charge in [-0.25, -0.2) is 4.79 Å². The van der Waals surface area contributed by atoms with Crippen molar-refractivity contribution in [1.29, 1.82) is 0 Å². The zero-order valence-electron chi connectivity index (χ0n) is 8.29. The number of carbonyl (C=O) groups is 2. The smallest absolute Gasteiger partial charge is 0.347 e. The SMILES string of the molecule is CCCC[C@](C)(OC(C)=O)C(=O)O. The lowest BCUT2D eigenvalue weighted by Crippen LogP contribution is -2.39. The molecule has 76 valence electrons. The molecule has 0 rings (SSSR count). The molecule has 0 aliphatic rings. The number of carboxylic acid groups (broad SMARTS) is 1. The highest BCUT2D eigenvalue weighted by atomic mass is 16.6. The van der Waals surface area contributed by atoms with E-state index in [-0.39, 0.29) is 0 Å². The van der Waals surface area contributed by atoms with E-state index in [0.717, 1.165) is 12.8 Å². The summed E-state index contributed by atoms with van der Waals surface area (Å²) in [4.78, 5) is 21.4. The van der Waals surface area contributed by atoms with E-state index in [1.165, 1.54) is 13.8 Å². The van der Waals surface area contributed by atoms with Gasteiger partial charge in [-0.15, -0.1) is 0 Å². The molecular weight excluding hydrogens is 172 g/mol. The van der Waals surface area contributed by atoms with Gasteiger partial charge in [0.1, 0.15) is 0 Å². The fraction of sp³-hybridized carbons (Fsp3) is 0.778. The van der Waals surface area contributed by atoms with E-state index in [4.69, 9.17) is 9.84 Å². The van der Waals surface area contributed by atoms with E-state index in [9.17, 15) is 9.59 Å². The quantitative estimate of drug-likeness (QED) is 0.665. The second-order valence-corrected chi connectivity index (χ2v) is 3.23. The van der Waals surface area contributed by atoms with Crippen molar-refractivity contribution in [3.8, 4) is 0 Å². The van der Waals surface area contributed by atoms with Gasteiger partial charge < -0.3 is 9.84 Å². The molecule has 0 aliphatic carbocycles. The number of rotatable bonds is 5. The average molecular weight is 188 g/mol. The van der Waals surface area contributed by atoms with E-state index >= 15 is 0 Å².